The summed E-state index contributed by atoms with van der Waals surface area (Å²) in [5, 5.41) is 12.3. The molecule has 5 heteroatoms. The van der Waals surface area contributed by atoms with Crippen LogP contribution in [0.5, 0.6) is 5.75 Å². The Bertz CT molecular complexity index is 394. The molecule has 0 aliphatic rings. The van der Waals surface area contributed by atoms with Crippen LogP contribution in [0.3, 0.4) is 0 Å². The van der Waals surface area contributed by atoms with E-state index in [4.69, 9.17) is 9.84 Å². The average molecular weight is 266 g/mol. The number of para-hydroxylation sites is 1. The van der Waals surface area contributed by atoms with Gasteiger partial charge in [-0.15, -0.1) is 0 Å². The molecule has 2 N–H and O–H groups in total. The molecule has 1 aromatic carbocycles. The largest absolute Gasteiger partial charge is 0.491 e. The fourth-order valence-corrected chi connectivity index (χ4v) is 1.65. The molecule has 0 atom stereocenters. The molecular weight excluding hydrogens is 244 g/mol. The molecule has 1 rings (SSSR count). The van der Waals surface area contributed by atoms with Crippen LogP contribution >= 0.6 is 0 Å². The predicted molar refractivity (Wildman–Crippen MR) is 74.9 cm³/mol. The van der Waals surface area contributed by atoms with Gasteiger partial charge in [-0.1, -0.05) is 12.1 Å². The van der Waals surface area contributed by atoms with E-state index in [2.05, 4.69) is 10.2 Å². The lowest BCUT2D eigenvalue weighted by atomic mass is 10.2. The second-order valence-electron chi connectivity index (χ2n) is 4.56. The number of carboxylic acid groups (broad SMARTS) is 1. The molecule has 0 fully saturated rings. The molecule has 19 heavy (non-hydrogen) atoms. The Kier molecular flexibility index (Phi) is 6.92. The first-order chi connectivity index (χ1) is 9.11. The minimum Gasteiger partial charge on any atom is -0.491 e. The van der Waals surface area contributed by atoms with E-state index in [0.717, 1.165) is 19.5 Å². The summed E-state index contributed by atoms with van der Waals surface area (Å²) in [6.45, 7) is 3.16. The summed E-state index contributed by atoms with van der Waals surface area (Å²) in [6.07, 6.45) is 1.08. The van der Waals surface area contributed by atoms with Crippen molar-refractivity contribution in [1.82, 2.24) is 10.2 Å². The van der Waals surface area contributed by atoms with Crippen LogP contribution in [0.1, 0.15) is 16.8 Å². The van der Waals surface area contributed by atoms with E-state index in [9.17, 15) is 4.79 Å². The number of benzene rings is 1. The molecule has 0 radical (unpaired) electrons. The van der Waals surface area contributed by atoms with Gasteiger partial charge in [0.2, 0.25) is 0 Å². The van der Waals surface area contributed by atoms with Crippen molar-refractivity contribution >= 4 is 5.97 Å². The number of aromatic carboxylic acids is 1. The molecule has 0 aliphatic carbocycles. The number of hydrogen-bond acceptors (Lipinski definition) is 4. The maximum absolute atomic E-state index is 11.0. The molecule has 5 nitrogen and oxygen atoms in total. The van der Waals surface area contributed by atoms with Crippen LogP contribution in [0, 0.1) is 0 Å². The van der Waals surface area contributed by atoms with Crippen LogP contribution in [0.4, 0.5) is 0 Å². The van der Waals surface area contributed by atoms with Gasteiger partial charge in [-0.05, 0) is 45.7 Å². The lowest BCUT2D eigenvalue weighted by molar-refractivity contribution is 0.0692. The zero-order valence-electron chi connectivity index (χ0n) is 11.6. The second-order valence-corrected chi connectivity index (χ2v) is 4.56. The summed E-state index contributed by atoms with van der Waals surface area (Å²) in [5.74, 6) is -0.542. The normalized spacial score (nSPS) is 10.7. The van der Waals surface area contributed by atoms with Gasteiger partial charge >= 0.3 is 5.97 Å². The van der Waals surface area contributed by atoms with Crippen molar-refractivity contribution in [1.29, 1.82) is 0 Å². The molecule has 1 aromatic rings. The Labute approximate surface area is 114 Å². The SMILES string of the molecule is CN(C)CCCNCCOc1ccccc1C(=O)O. The minimum absolute atomic E-state index is 0.204. The van der Waals surface area contributed by atoms with Gasteiger partial charge in [0.05, 0.1) is 0 Å². The Morgan fingerprint density at radius 1 is 1.32 bits per heavy atom. The van der Waals surface area contributed by atoms with Gasteiger partial charge in [-0.25, -0.2) is 4.79 Å². The van der Waals surface area contributed by atoms with Gasteiger partial charge in [0, 0.05) is 6.54 Å². The lowest BCUT2D eigenvalue weighted by Gasteiger charge is -2.11. The third-order valence-corrected chi connectivity index (χ3v) is 2.61. The second kappa shape index (κ2) is 8.50. The summed E-state index contributed by atoms with van der Waals surface area (Å²) < 4.78 is 5.47. The number of nitrogens with one attached hydrogen (secondary N) is 1. The van der Waals surface area contributed by atoms with E-state index in [-0.39, 0.29) is 5.56 Å². The molecule has 0 spiro atoms. The first-order valence-electron chi connectivity index (χ1n) is 6.42. The van der Waals surface area contributed by atoms with Gasteiger partial charge in [0.25, 0.3) is 0 Å². The monoisotopic (exact) mass is 266 g/mol. The first kappa shape index (κ1) is 15.5. The van der Waals surface area contributed by atoms with Crippen LogP contribution < -0.4 is 10.1 Å². The third kappa shape index (κ3) is 6.22. The number of ether oxygens (including phenoxy) is 1. The maximum Gasteiger partial charge on any atom is 0.339 e. The van der Waals surface area contributed by atoms with Gasteiger partial charge in [-0.3, -0.25) is 0 Å². The topological polar surface area (TPSA) is 61.8 Å². The zero-order valence-corrected chi connectivity index (χ0v) is 11.6. The van der Waals surface area contributed by atoms with E-state index in [0.29, 0.717) is 18.9 Å². The highest BCUT2D eigenvalue weighted by atomic mass is 16.5. The third-order valence-electron chi connectivity index (χ3n) is 2.61. The zero-order chi connectivity index (χ0) is 14.1. The lowest BCUT2D eigenvalue weighted by Crippen LogP contribution is -2.25. The quantitative estimate of drug-likeness (QED) is 0.660. The highest BCUT2D eigenvalue weighted by Crippen LogP contribution is 2.17. The average Bonchev–Trinajstić information content (AvgIpc) is 2.37. The Morgan fingerprint density at radius 2 is 2.05 bits per heavy atom. The number of rotatable bonds is 9. The summed E-state index contributed by atoms with van der Waals surface area (Å²) in [6, 6.07) is 6.68. The van der Waals surface area contributed by atoms with Gasteiger partial charge in [-0.2, -0.15) is 0 Å². The summed E-state index contributed by atoms with van der Waals surface area (Å²) in [7, 11) is 4.10. The van der Waals surface area contributed by atoms with Crippen LogP contribution in [-0.4, -0.2) is 56.3 Å². The molecule has 0 unspecified atom stereocenters. The van der Waals surface area contributed by atoms with Gasteiger partial charge in [0.15, 0.2) is 0 Å². The van der Waals surface area contributed by atoms with E-state index < -0.39 is 5.97 Å². The summed E-state index contributed by atoms with van der Waals surface area (Å²) in [5.41, 5.74) is 0.204. The Balaban J connectivity index is 2.21. The maximum atomic E-state index is 11.0. The first-order valence-corrected chi connectivity index (χ1v) is 6.42. The molecule has 0 saturated carbocycles. The molecule has 106 valence electrons. The number of carbonyl (C=O) groups is 1. The van der Waals surface area contributed by atoms with Crippen molar-refractivity contribution in [3.63, 3.8) is 0 Å². The van der Waals surface area contributed by atoms with E-state index in [1.54, 1.807) is 24.3 Å². The van der Waals surface area contributed by atoms with Crippen molar-refractivity contribution < 1.29 is 14.6 Å². The van der Waals surface area contributed by atoms with Crippen molar-refractivity contribution in [3.05, 3.63) is 29.8 Å². The van der Waals surface area contributed by atoms with Gasteiger partial charge < -0.3 is 20.1 Å². The highest BCUT2D eigenvalue weighted by molar-refractivity contribution is 5.90. The molecular formula is C14H22N2O3. The summed E-state index contributed by atoms with van der Waals surface area (Å²) >= 11 is 0. The van der Waals surface area contributed by atoms with E-state index >= 15 is 0 Å². The minimum atomic E-state index is -0.963. The predicted octanol–water partition coefficient (Wildman–Crippen LogP) is 1.30. The number of nitrogens with zero attached hydrogens (tertiary/aromatic N) is 1. The molecule has 0 heterocycles. The van der Waals surface area contributed by atoms with Gasteiger partial charge in [0.1, 0.15) is 17.9 Å². The number of carboxylic acids is 1. The highest BCUT2D eigenvalue weighted by Gasteiger charge is 2.09. The van der Waals surface area contributed by atoms with Crippen molar-refractivity contribution in [3.8, 4) is 5.75 Å². The van der Waals surface area contributed by atoms with Crippen LogP contribution in [0.15, 0.2) is 24.3 Å². The van der Waals surface area contributed by atoms with Crippen molar-refractivity contribution in [2.75, 3.05) is 40.3 Å². The Hall–Kier alpha value is -1.59. The molecule has 0 bridgehead atoms. The van der Waals surface area contributed by atoms with Crippen LogP contribution in [-0.2, 0) is 0 Å². The van der Waals surface area contributed by atoms with Crippen LogP contribution in [0.25, 0.3) is 0 Å². The molecule has 0 saturated heterocycles. The molecule has 0 aliphatic heterocycles. The van der Waals surface area contributed by atoms with E-state index in [1.807, 2.05) is 14.1 Å². The Morgan fingerprint density at radius 3 is 2.74 bits per heavy atom. The standard InChI is InChI=1S/C14H22N2O3/c1-16(2)10-5-8-15-9-11-19-13-7-4-3-6-12(13)14(17)18/h3-4,6-7,15H,5,8-11H2,1-2H3,(H,17,18). The number of hydrogen-bond donors (Lipinski definition) is 2. The summed E-state index contributed by atoms with van der Waals surface area (Å²) in [4.78, 5) is 13.1. The fourth-order valence-electron chi connectivity index (χ4n) is 1.65. The van der Waals surface area contributed by atoms with Crippen LogP contribution in [0.2, 0.25) is 0 Å². The smallest absolute Gasteiger partial charge is 0.339 e. The molecule has 0 amide bonds. The van der Waals surface area contributed by atoms with E-state index in [1.165, 1.54) is 0 Å². The van der Waals surface area contributed by atoms with Crippen molar-refractivity contribution in [2.24, 2.45) is 0 Å². The van der Waals surface area contributed by atoms with Crippen molar-refractivity contribution in [2.45, 2.75) is 6.42 Å². The molecule has 0 aromatic heterocycles. The fraction of sp³-hybridized carbons (Fsp3) is 0.500.